The highest BCUT2D eigenvalue weighted by atomic mass is 16.5. The molecule has 0 heterocycles. The Kier molecular flexibility index (Phi) is 5.83. The number of nitrogens with one attached hydrogen (secondary N) is 1. The van der Waals surface area contributed by atoms with Crippen molar-refractivity contribution in [2.24, 2.45) is 11.3 Å². The van der Waals surface area contributed by atoms with Gasteiger partial charge in [0.05, 0.1) is 13.0 Å². The highest BCUT2D eigenvalue weighted by Crippen LogP contribution is 2.26. The minimum Gasteiger partial charge on any atom is -0.469 e. The second-order valence-corrected chi connectivity index (χ2v) is 6.70. The van der Waals surface area contributed by atoms with Gasteiger partial charge in [0.1, 0.15) is 0 Å². The number of ether oxygens (including phenoxy) is 1. The van der Waals surface area contributed by atoms with Crippen molar-refractivity contribution in [3.05, 3.63) is 0 Å². The number of amides is 1. The lowest BCUT2D eigenvalue weighted by atomic mass is 9.85. The molecule has 1 N–H and O–H groups in total. The average Bonchev–Trinajstić information content (AvgIpc) is 2.35. The van der Waals surface area contributed by atoms with Gasteiger partial charge >= 0.3 is 5.97 Å². The summed E-state index contributed by atoms with van der Waals surface area (Å²) in [7, 11) is 1.43. The lowest BCUT2D eigenvalue weighted by Crippen LogP contribution is -2.39. The Hall–Kier alpha value is -1.06. The lowest BCUT2D eigenvalue weighted by Gasteiger charge is -2.28. The Labute approximate surface area is 116 Å². The molecule has 1 amide bonds. The molecule has 0 saturated heterocycles. The third-order valence-corrected chi connectivity index (χ3v) is 3.73. The van der Waals surface area contributed by atoms with Crippen LogP contribution in [-0.2, 0) is 14.3 Å². The van der Waals surface area contributed by atoms with E-state index in [1.165, 1.54) is 7.11 Å². The smallest absolute Gasteiger partial charge is 0.308 e. The zero-order valence-electron chi connectivity index (χ0n) is 12.6. The zero-order valence-corrected chi connectivity index (χ0v) is 12.6. The Balaban J connectivity index is 2.25. The van der Waals surface area contributed by atoms with E-state index < -0.39 is 0 Å². The van der Waals surface area contributed by atoms with E-state index >= 15 is 0 Å². The van der Waals surface area contributed by atoms with Crippen molar-refractivity contribution in [3.8, 4) is 0 Å². The molecular formula is C15H27NO3. The maximum atomic E-state index is 11.8. The summed E-state index contributed by atoms with van der Waals surface area (Å²) >= 11 is 0. The van der Waals surface area contributed by atoms with E-state index in [4.69, 9.17) is 4.74 Å². The van der Waals surface area contributed by atoms with Crippen LogP contribution in [0.25, 0.3) is 0 Å². The van der Waals surface area contributed by atoms with Gasteiger partial charge in [-0.1, -0.05) is 20.8 Å². The predicted molar refractivity (Wildman–Crippen MR) is 74.6 cm³/mol. The van der Waals surface area contributed by atoms with E-state index in [1.54, 1.807) is 0 Å². The van der Waals surface area contributed by atoms with Gasteiger partial charge in [-0.3, -0.25) is 9.59 Å². The summed E-state index contributed by atoms with van der Waals surface area (Å²) in [5.41, 5.74) is 0.194. The van der Waals surface area contributed by atoms with E-state index in [0.717, 1.165) is 32.1 Å². The van der Waals surface area contributed by atoms with Gasteiger partial charge in [0, 0.05) is 12.5 Å². The van der Waals surface area contributed by atoms with Gasteiger partial charge in [0.2, 0.25) is 5.91 Å². The second-order valence-electron chi connectivity index (χ2n) is 6.70. The summed E-state index contributed by atoms with van der Waals surface area (Å²) < 4.78 is 4.76. The lowest BCUT2D eigenvalue weighted by molar-refractivity contribution is -0.146. The first kappa shape index (κ1) is 16.0. The quantitative estimate of drug-likeness (QED) is 0.798. The van der Waals surface area contributed by atoms with E-state index in [1.807, 2.05) is 0 Å². The normalized spacial score (nSPS) is 23.8. The first-order valence-electron chi connectivity index (χ1n) is 7.19. The van der Waals surface area contributed by atoms with Crippen LogP contribution in [0.1, 0.15) is 59.3 Å². The molecule has 1 saturated carbocycles. The molecule has 1 aliphatic rings. The summed E-state index contributed by atoms with van der Waals surface area (Å²) in [6.07, 6.45) is 4.87. The molecule has 0 aromatic carbocycles. The van der Waals surface area contributed by atoms with Crippen LogP contribution in [0.15, 0.2) is 0 Å². The molecule has 19 heavy (non-hydrogen) atoms. The molecule has 0 aromatic heterocycles. The van der Waals surface area contributed by atoms with Crippen molar-refractivity contribution in [1.82, 2.24) is 5.32 Å². The zero-order chi connectivity index (χ0) is 14.5. The monoisotopic (exact) mass is 269 g/mol. The molecule has 110 valence electrons. The number of carbonyl (C=O) groups is 2. The summed E-state index contributed by atoms with van der Waals surface area (Å²) in [5.74, 6) is 0.0432. The largest absolute Gasteiger partial charge is 0.469 e. The summed E-state index contributed by atoms with van der Waals surface area (Å²) in [6.45, 7) is 6.42. The first-order chi connectivity index (χ1) is 8.81. The van der Waals surface area contributed by atoms with Crippen molar-refractivity contribution in [2.75, 3.05) is 7.11 Å². The van der Waals surface area contributed by atoms with Crippen molar-refractivity contribution < 1.29 is 14.3 Å². The molecule has 1 rings (SSSR count). The van der Waals surface area contributed by atoms with Gasteiger partial charge in [0.15, 0.2) is 0 Å². The van der Waals surface area contributed by atoms with Crippen LogP contribution in [0.5, 0.6) is 0 Å². The van der Waals surface area contributed by atoms with Gasteiger partial charge in [-0.15, -0.1) is 0 Å². The molecule has 4 heteroatoms. The minimum absolute atomic E-state index is 0.0210. The van der Waals surface area contributed by atoms with Crippen LogP contribution < -0.4 is 5.32 Å². The topological polar surface area (TPSA) is 55.4 Å². The van der Waals surface area contributed by atoms with Crippen molar-refractivity contribution in [2.45, 2.75) is 65.3 Å². The molecule has 1 fully saturated rings. The maximum Gasteiger partial charge on any atom is 0.308 e. The molecule has 0 radical (unpaired) electrons. The Morgan fingerprint density at radius 2 is 1.74 bits per heavy atom. The molecule has 1 aliphatic carbocycles. The second kappa shape index (κ2) is 6.92. The van der Waals surface area contributed by atoms with Gasteiger partial charge in [-0.2, -0.15) is 0 Å². The van der Waals surface area contributed by atoms with Crippen molar-refractivity contribution in [3.63, 3.8) is 0 Å². The van der Waals surface area contributed by atoms with Crippen molar-refractivity contribution >= 4 is 11.9 Å². The Morgan fingerprint density at radius 3 is 2.21 bits per heavy atom. The standard InChI is InChI=1S/C15H27NO3/c1-15(2,3)10-9-13(17)16-12-7-5-11(6-8-12)14(18)19-4/h11-12H,5-10H2,1-4H3,(H,16,17). The van der Waals surface area contributed by atoms with Gasteiger partial charge in [-0.05, 0) is 37.5 Å². The highest BCUT2D eigenvalue weighted by Gasteiger charge is 2.27. The van der Waals surface area contributed by atoms with E-state index in [9.17, 15) is 9.59 Å². The number of hydrogen-bond acceptors (Lipinski definition) is 3. The van der Waals surface area contributed by atoms with E-state index in [-0.39, 0.29) is 29.3 Å². The third-order valence-electron chi connectivity index (χ3n) is 3.73. The number of carbonyl (C=O) groups excluding carboxylic acids is 2. The fraction of sp³-hybridized carbons (Fsp3) is 0.867. The fourth-order valence-corrected chi connectivity index (χ4v) is 2.43. The third kappa shape index (κ3) is 6.08. The highest BCUT2D eigenvalue weighted by molar-refractivity contribution is 5.76. The van der Waals surface area contributed by atoms with Crippen LogP contribution in [0.4, 0.5) is 0 Å². The SMILES string of the molecule is COC(=O)C1CCC(NC(=O)CCC(C)(C)C)CC1. The maximum absolute atomic E-state index is 11.8. The summed E-state index contributed by atoms with van der Waals surface area (Å²) in [4.78, 5) is 23.2. The number of methoxy groups -OCH3 is 1. The van der Waals surface area contributed by atoms with Crippen LogP contribution in [-0.4, -0.2) is 25.0 Å². The van der Waals surface area contributed by atoms with E-state index in [2.05, 4.69) is 26.1 Å². The summed E-state index contributed by atoms with van der Waals surface area (Å²) in [5, 5.41) is 3.08. The Morgan fingerprint density at radius 1 is 1.16 bits per heavy atom. The Bertz CT molecular complexity index is 312. The van der Waals surface area contributed by atoms with Crippen LogP contribution in [0.3, 0.4) is 0 Å². The summed E-state index contributed by atoms with van der Waals surface area (Å²) in [6, 6.07) is 0.230. The fourth-order valence-electron chi connectivity index (χ4n) is 2.43. The molecule has 0 aliphatic heterocycles. The predicted octanol–water partition coefficient (Wildman–Crippen LogP) is 2.66. The van der Waals surface area contributed by atoms with Crippen LogP contribution in [0.2, 0.25) is 0 Å². The molecule has 0 bridgehead atoms. The van der Waals surface area contributed by atoms with Crippen LogP contribution in [0, 0.1) is 11.3 Å². The molecule has 0 atom stereocenters. The van der Waals surface area contributed by atoms with E-state index in [0.29, 0.717) is 6.42 Å². The molecule has 0 spiro atoms. The number of esters is 1. The molecular weight excluding hydrogens is 242 g/mol. The van der Waals surface area contributed by atoms with Gasteiger partial charge in [-0.25, -0.2) is 0 Å². The number of hydrogen-bond donors (Lipinski definition) is 1. The molecule has 0 aromatic rings. The number of rotatable bonds is 4. The average molecular weight is 269 g/mol. The molecule has 4 nitrogen and oxygen atoms in total. The first-order valence-corrected chi connectivity index (χ1v) is 7.19. The minimum atomic E-state index is -0.113. The van der Waals surface area contributed by atoms with Crippen molar-refractivity contribution in [1.29, 1.82) is 0 Å². The van der Waals surface area contributed by atoms with Crippen LogP contribution >= 0.6 is 0 Å². The van der Waals surface area contributed by atoms with Gasteiger partial charge < -0.3 is 10.1 Å². The molecule has 0 unspecified atom stereocenters. The van der Waals surface area contributed by atoms with Gasteiger partial charge in [0.25, 0.3) is 0 Å².